The van der Waals surface area contributed by atoms with Gasteiger partial charge in [-0.15, -0.1) is 0 Å². The Hall–Kier alpha value is -1.95. The third-order valence-corrected chi connectivity index (χ3v) is 3.81. The molecule has 0 bridgehead atoms. The average molecular weight is 292 g/mol. The van der Waals surface area contributed by atoms with Crippen LogP contribution < -0.4 is 0 Å². The molecule has 0 aromatic heterocycles. The molecule has 21 heavy (non-hydrogen) atoms. The first kappa shape index (κ1) is 15.4. The molecular formula is C15H20N2O4. The summed E-state index contributed by atoms with van der Waals surface area (Å²) >= 11 is 0. The summed E-state index contributed by atoms with van der Waals surface area (Å²) in [6.07, 6.45) is 4.38. The highest BCUT2D eigenvalue weighted by molar-refractivity contribution is 5.97. The van der Waals surface area contributed by atoms with Gasteiger partial charge in [-0.2, -0.15) is 0 Å². The Balaban J connectivity index is 1.98. The van der Waals surface area contributed by atoms with E-state index < -0.39 is 4.92 Å². The van der Waals surface area contributed by atoms with Crippen molar-refractivity contribution in [3.8, 4) is 0 Å². The predicted octanol–water partition coefficient (Wildman–Crippen LogP) is 2.15. The molecule has 0 saturated heterocycles. The largest absolute Gasteiger partial charge is 0.396 e. The van der Waals surface area contributed by atoms with E-state index in [0.29, 0.717) is 18.7 Å². The maximum absolute atomic E-state index is 12.4. The molecular weight excluding hydrogens is 272 g/mol. The standard InChI is InChI=1S/C15H20N2O4/c18-10-4-2-1-3-8-16-9-7-12-5-6-13(17(20)21)11-14(12)15(16)19/h5-6,11,18H,1-4,7-10H2. The van der Waals surface area contributed by atoms with E-state index in [1.807, 2.05) is 0 Å². The average Bonchev–Trinajstić information content (AvgIpc) is 2.49. The second kappa shape index (κ2) is 7.17. The van der Waals surface area contributed by atoms with Crippen molar-refractivity contribution in [2.45, 2.75) is 32.1 Å². The van der Waals surface area contributed by atoms with Gasteiger partial charge in [0.1, 0.15) is 0 Å². The summed E-state index contributed by atoms with van der Waals surface area (Å²) in [5.74, 6) is -0.109. The molecule has 0 spiro atoms. The summed E-state index contributed by atoms with van der Waals surface area (Å²) in [5.41, 5.74) is 1.32. The summed E-state index contributed by atoms with van der Waals surface area (Å²) in [4.78, 5) is 24.5. The summed E-state index contributed by atoms with van der Waals surface area (Å²) in [5, 5.41) is 19.5. The van der Waals surface area contributed by atoms with E-state index in [1.54, 1.807) is 11.0 Å². The van der Waals surface area contributed by atoms with Crippen LogP contribution in [0.3, 0.4) is 0 Å². The lowest BCUT2D eigenvalue weighted by molar-refractivity contribution is -0.384. The zero-order chi connectivity index (χ0) is 15.2. The van der Waals surface area contributed by atoms with Crippen molar-refractivity contribution < 1.29 is 14.8 Å². The number of carbonyl (C=O) groups excluding carboxylic acids is 1. The van der Waals surface area contributed by atoms with Crippen molar-refractivity contribution in [2.24, 2.45) is 0 Å². The van der Waals surface area contributed by atoms with Crippen LogP contribution in [0.15, 0.2) is 18.2 Å². The molecule has 2 rings (SSSR count). The van der Waals surface area contributed by atoms with E-state index in [4.69, 9.17) is 5.11 Å². The number of hydrogen-bond donors (Lipinski definition) is 1. The first-order valence-electron chi connectivity index (χ1n) is 7.31. The number of rotatable bonds is 7. The van der Waals surface area contributed by atoms with Crippen molar-refractivity contribution in [3.05, 3.63) is 39.4 Å². The molecule has 1 N–H and O–H groups in total. The number of aliphatic hydroxyl groups excluding tert-OH is 1. The number of nitro benzene ring substituents is 1. The summed E-state index contributed by atoms with van der Waals surface area (Å²) in [6, 6.07) is 4.52. The highest BCUT2D eigenvalue weighted by Gasteiger charge is 2.25. The zero-order valence-electron chi connectivity index (χ0n) is 12.0. The number of hydrogen-bond acceptors (Lipinski definition) is 4. The molecule has 0 fully saturated rings. The lowest BCUT2D eigenvalue weighted by Gasteiger charge is -2.28. The van der Waals surface area contributed by atoms with E-state index in [1.165, 1.54) is 12.1 Å². The maximum Gasteiger partial charge on any atom is 0.270 e. The van der Waals surface area contributed by atoms with Crippen LogP contribution >= 0.6 is 0 Å². The Morgan fingerprint density at radius 1 is 1.24 bits per heavy atom. The van der Waals surface area contributed by atoms with Gasteiger partial charge in [-0.1, -0.05) is 18.9 Å². The Kier molecular flexibility index (Phi) is 5.27. The molecule has 1 heterocycles. The van der Waals surface area contributed by atoms with Crippen molar-refractivity contribution in [1.29, 1.82) is 0 Å². The predicted molar refractivity (Wildman–Crippen MR) is 78.3 cm³/mol. The van der Waals surface area contributed by atoms with Crippen LogP contribution in [0.4, 0.5) is 5.69 Å². The highest BCUT2D eigenvalue weighted by Crippen LogP contribution is 2.24. The number of aliphatic hydroxyl groups is 1. The molecule has 6 heteroatoms. The van der Waals surface area contributed by atoms with Crippen LogP contribution in [0.5, 0.6) is 0 Å². The van der Waals surface area contributed by atoms with Gasteiger partial charge in [0.2, 0.25) is 0 Å². The molecule has 1 aromatic rings. The second-order valence-corrected chi connectivity index (χ2v) is 5.28. The van der Waals surface area contributed by atoms with Gasteiger partial charge in [0, 0.05) is 37.4 Å². The minimum atomic E-state index is -0.471. The Morgan fingerprint density at radius 2 is 2.00 bits per heavy atom. The first-order valence-corrected chi connectivity index (χ1v) is 7.31. The van der Waals surface area contributed by atoms with E-state index in [2.05, 4.69) is 0 Å². The zero-order valence-corrected chi connectivity index (χ0v) is 12.0. The van der Waals surface area contributed by atoms with Gasteiger partial charge in [0.25, 0.3) is 11.6 Å². The fourth-order valence-electron chi connectivity index (χ4n) is 2.60. The maximum atomic E-state index is 12.4. The fourth-order valence-corrected chi connectivity index (χ4v) is 2.60. The van der Waals surface area contributed by atoms with E-state index in [9.17, 15) is 14.9 Å². The molecule has 1 aliphatic rings. The number of nitro groups is 1. The van der Waals surface area contributed by atoms with Crippen LogP contribution in [0.25, 0.3) is 0 Å². The monoisotopic (exact) mass is 292 g/mol. The quantitative estimate of drug-likeness (QED) is 0.474. The minimum Gasteiger partial charge on any atom is -0.396 e. The molecule has 0 atom stereocenters. The molecule has 0 radical (unpaired) electrons. The van der Waals surface area contributed by atoms with Crippen molar-refractivity contribution in [1.82, 2.24) is 4.90 Å². The normalized spacial score (nSPS) is 14.1. The summed E-state index contributed by atoms with van der Waals surface area (Å²) in [7, 11) is 0. The van der Waals surface area contributed by atoms with Crippen molar-refractivity contribution in [2.75, 3.05) is 19.7 Å². The smallest absolute Gasteiger partial charge is 0.270 e. The molecule has 114 valence electrons. The minimum absolute atomic E-state index is 0.0353. The molecule has 1 aromatic carbocycles. The first-order chi connectivity index (χ1) is 10.1. The number of fused-ring (bicyclic) bond motifs is 1. The van der Waals surface area contributed by atoms with Gasteiger partial charge in [0.15, 0.2) is 0 Å². The molecule has 1 amide bonds. The number of amides is 1. The van der Waals surface area contributed by atoms with Gasteiger partial charge in [0.05, 0.1) is 4.92 Å². The van der Waals surface area contributed by atoms with E-state index in [-0.39, 0.29) is 18.2 Å². The summed E-state index contributed by atoms with van der Waals surface area (Å²) in [6.45, 7) is 1.55. The highest BCUT2D eigenvalue weighted by atomic mass is 16.6. The van der Waals surface area contributed by atoms with Crippen LogP contribution in [0.2, 0.25) is 0 Å². The van der Waals surface area contributed by atoms with Crippen LogP contribution in [-0.4, -0.2) is 40.5 Å². The Bertz CT molecular complexity index is 530. The molecule has 0 unspecified atom stereocenters. The summed E-state index contributed by atoms with van der Waals surface area (Å²) < 4.78 is 0. The van der Waals surface area contributed by atoms with Gasteiger partial charge < -0.3 is 10.0 Å². The topological polar surface area (TPSA) is 83.7 Å². The molecule has 1 aliphatic heterocycles. The van der Waals surface area contributed by atoms with Crippen LogP contribution in [0, 0.1) is 10.1 Å². The Morgan fingerprint density at radius 3 is 2.71 bits per heavy atom. The second-order valence-electron chi connectivity index (χ2n) is 5.28. The van der Waals surface area contributed by atoms with Gasteiger partial charge in [-0.3, -0.25) is 14.9 Å². The Labute approximate surface area is 123 Å². The third kappa shape index (κ3) is 3.78. The van der Waals surface area contributed by atoms with E-state index in [0.717, 1.165) is 37.7 Å². The van der Waals surface area contributed by atoms with Crippen LogP contribution in [-0.2, 0) is 6.42 Å². The number of unbranched alkanes of at least 4 members (excludes halogenated alkanes) is 3. The molecule has 0 saturated carbocycles. The lowest BCUT2D eigenvalue weighted by atomic mass is 9.98. The number of nitrogens with zero attached hydrogens (tertiary/aromatic N) is 2. The third-order valence-electron chi connectivity index (χ3n) is 3.81. The van der Waals surface area contributed by atoms with Gasteiger partial charge >= 0.3 is 0 Å². The van der Waals surface area contributed by atoms with Gasteiger partial charge in [-0.25, -0.2) is 0 Å². The number of benzene rings is 1. The van der Waals surface area contributed by atoms with Gasteiger partial charge in [-0.05, 0) is 24.8 Å². The van der Waals surface area contributed by atoms with Crippen LogP contribution in [0.1, 0.15) is 41.6 Å². The molecule has 6 nitrogen and oxygen atoms in total. The van der Waals surface area contributed by atoms with Crippen molar-refractivity contribution >= 4 is 11.6 Å². The lowest BCUT2D eigenvalue weighted by Crippen LogP contribution is -2.38. The fraction of sp³-hybridized carbons (Fsp3) is 0.533. The van der Waals surface area contributed by atoms with Crippen molar-refractivity contribution in [3.63, 3.8) is 0 Å². The molecule has 0 aliphatic carbocycles. The number of non-ortho nitro benzene ring substituents is 1. The van der Waals surface area contributed by atoms with E-state index >= 15 is 0 Å². The SMILES string of the molecule is O=C1c2cc([N+](=O)[O-])ccc2CCN1CCCCCCO. The number of carbonyl (C=O) groups is 1.